The van der Waals surface area contributed by atoms with Crippen LogP contribution in [0.2, 0.25) is 0 Å². The van der Waals surface area contributed by atoms with Gasteiger partial charge in [-0.15, -0.1) is 0 Å². The molecule has 7 nitrogen and oxygen atoms in total. The Labute approximate surface area is 109 Å². The molecule has 0 radical (unpaired) electrons. The number of carboxylic acid groups (broad SMARTS) is 1. The summed E-state index contributed by atoms with van der Waals surface area (Å²) in [4.78, 5) is 35.7. The van der Waals surface area contributed by atoms with Crippen molar-refractivity contribution in [3.8, 4) is 0 Å². The third-order valence-corrected chi connectivity index (χ3v) is 4.06. The van der Waals surface area contributed by atoms with E-state index in [1.165, 1.54) is 11.8 Å². The molecule has 3 heterocycles. The minimum Gasteiger partial charge on any atom is -0.477 e. The third kappa shape index (κ3) is 1.65. The molecule has 0 aliphatic carbocycles. The van der Waals surface area contributed by atoms with Crippen molar-refractivity contribution in [3.05, 3.63) is 11.3 Å². The van der Waals surface area contributed by atoms with E-state index in [9.17, 15) is 19.5 Å². The van der Waals surface area contributed by atoms with Gasteiger partial charge in [-0.1, -0.05) is 0 Å². The molecule has 102 valence electrons. The van der Waals surface area contributed by atoms with Crippen molar-refractivity contribution in [1.29, 1.82) is 0 Å². The molecule has 3 aliphatic rings. The highest BCUT2D eigenvalue weighted by Crippen LogP contribution is 2.42. The molecule has 0 aromatic rings. The molecule has 3 aliphatic heterocycles. The van der Waals surface area contributed by atoms with Gasteiger partial charge < -0.3 is 15.7 Å². The molecule has 19 heavy (non-hydrogen) atoms. The Kier molecular flexibility index (Phi) is 2.60. The summed E-state index contributed by atoms with van der Waals surface area (Å²) in [7, 11) is 0. The topological polar surface area (TPSA) is 98.7 Å². The average Bonchev–Trinajstić information content (AvgIpc) is 2.74. The number of hydrogen-bond acceptors (Lipinski definition) is 4. The van der Waals surface area contributed by atoms with E-state index in [1.807, 2.05) is 0 Å². The minimum absolute atomic E-state index is 0.0281. The Balaban J connectivity index is 1.93. The first-order valence-corrected chi connectivity index (χ1v) is 6.27. The summed E-state index contributed by atoms with van der Waals surface area (Å²) in [5.41, 5.74) is 0.680. The Morgan fingerprint density at radius 1 is 1.53 bits per heavy atom. The molecule has 0 aromatic carbocycles. The minimum atomic E-state index is -1.10. The van der Waals surface area contributed by atoms with E-state index in [0.29, 0.717) is 18.5 Å². The van der Waals surface area contributed by atoms with Crippen molar-refractivity contribution < 1.29 is 19.5 Å². The summed E-state index contributed by atoms with van der Waals surface area (Å²) >= 11 is 0. The zero-order chi connectivity index (χ0) is 13.7. The molecular weight excluding hydrogens is 250 g/mol. The number of amides is 2. The highest BCUT2D eigenvalue weighted by molar-refractivity contribution is 6.00. The summed E-state index contributed by atoms with van der Waals surface area (Å²) in [6, 6.07) is -0.249. The van der Waals surface area contributed by atoms with Gasteiger partial charge in [-0.3, -0.25) is 14.5 Å². The van der Waals surface area contributed by atoms with E-state index in [0.717, 1.165) is 0 Å². The molecule has 3 rings (SSSR count). The summed E-state index contributed by atoms with van der Waals surface area (Å²) in [5.74, 6) is -1.24. The average molecular weight is 265 g/mol. The maximum atomic E-state index is 11.9. The Morgan fingerprint density at radius 3 is 2.89 bits per heavy atom. The van der Waals surface area contributed by atoms with Crippen molar-refractivity contribution >= 4 is 17.8 Å². The van der Waals surface area contributed by atoms with E-state index < -0.39 is 5.97 Å². The van der Waals surface area contributed by atoms with E-state index in [-0.39, 0.29) is 42.1 Å². The van der Waals surface area contributed by atoms with Crippen molar-refractivity contribution in [1.82, 2.24) is 15.5 Å². The molecule has 7 heteroatoms. The summed E-state index contributed by atoms with van der Waals surface area (Å²) in [6.45, 7) is 2.29. The molecule has 2 fully saturated rings. The van der Waals surface area contributed by atoms with Crippen molar-refractivity contribution in [2.45, 2.75) is 25.4 Å². The van der Waals surface area contributed by atoms with Gasteiger partial charge in [0, 0.05) is 20.0 Å². The second kappa shape index (κ2) is 4.06. The molecule has 0 aromatic heterocycles. The van der Waals surface area contributed by atoms with Crippen molar-refractivity contribution in [2.24, 2.45) is 5.92 Å². The van der Waals surface area contributed by atoms with E-state index in [4.69, 9.17) is 0 Å². The number of aliphatic carboxylic acids is 1. The van der Waals surface area contributed by atoms with E-state index in [1.54, 1.807) is 0 Å². The number of nitrogens with one attached hydrogen (secondary N) is 2. The fourth-order valence-electron chi connectivity index (χ4n) is 3.28. The first kappa shape index (κ1) is 12.2. The van der Waals surface area contributed by atoms with Gasteiger partial charge in [-0.2, -0.15) is 0 Å². The molecule has 0 bridgehead atoms. The number of rotatable bonds is 3. The van der Waals surface area contributed by atoms with Gasteiger partial charge in [0.25, 0.3) is 0 Å². The first-order valence-electron chi connectivity index (χ1n) is 6.27. The number of nitrogens with zero attached hydrogens (tertiary/aromatic N) is 1. The summed E-state index contributed by atoms with van der Waals surface area (Å²) < 4.78 is 0. The fraction of sp³-hybridized carbons (Fsp3) is 0.583. The molecule has 0 spiro atoms. The van der Waals surface area contributed by atoms with Crippen LogP contribution >= 0.6 is 0 Å². The molecule has 3 atom stereocenters. The van der Waals surface area contributed by atoms with Crippen LogP contribution in [0, 0.1) is 5.92 Å². The van der Waals surface area contributed by atoms with Gasteiger partial charge in [-0.05, 0) is 17.9 Å². The molecule has 3 N–H and O–H groups in total. The van der Waals surface area contributed by atoms with Crippen LogP contribution in [-0.4, -0.2) is 53.0 Å². The smallest absolute Gasteiger partial charge is 0.352 e. The van der Waals surface area contributed by atoms with E-state index in [2.05, 4.69) is 10.6 Å². The van der Waals surface area contributed by atoms with Crippen LogP contribution in [-0.2, 0) is 14.4 Å². The van der Waals surface area contributed by atoms with E-state index >= 15 is 0 Å². The van der Waals surface area contributed by atoms with Gasteiger partial charge in [0.05, 0.1) is 6.04 Å². The normalized spacial score (nSPS) is 31.9. The molecule has 2 amide bonds. The van der Waals surface area contributed by atoms with Crippen LogP contribution in [0.4, 0.5) is 0 Å². The quantitative estimate of drug-likeness (QED) is 0.549. The second-order valence-electron chi connectivity index (χ2n) is 5.22. The molecule has 0 saturated carbocycles. The van der Waals surface area contributed by atoms with Gasteiger partial charge in [0.15, 0.2) is 0 Å². The van der Waals surface area contributed by atoms with Crippen LogP contribution in [0.3, 0.4) is 0 Å². The highest BCUT2D eigenvalue weighted by Gasteiger charge is 2.59. The van der Waals surface area contributed by atoms with Crippen LogP contribution in [0.25, 0.3) is 0 Å². The van der Waals surface area contributed by atoms with Crippen LogP contribution in [0.15, 0.2) is 11.3 Å². The lowest BCUT2D eigenvalue weighted by atomic mass is 9.79. The maximum absolute atomic E-state index is 11.9. The lowest BCUT2D eigenvalue weighted by Gasteiger charge is -2.48. The zero-order valence-corrected chi connectivity index (χ0v) is 10.5. The lowest BCUT2D eigenvalue weighted by Crippen LogP contribution is -2.68. The van der Waals surface area contributed by atoms with Crippen LogP contribution in [0.5, 0.6) is 0 Å². The zero-order valence-electron chi connectivity index (χ0n) is 10.5. The Bertz CT molecular complexity index is 513. The largest absolute Gasteiger partial charge is 0.477 e. The van der Waals surface area contributed by atoms with Gasteiger partial charge in [0.2, 0.25) is 11.8 Å². The predicted molar refractivity (Wildman–Crippen MR) is 63.9 cm³/mol. The van der Waals surface area contributed by atoms with Gasteiger partial charge in [0.1, 0.15) is 11.7 Å². The monoisotopic (exact) mass is 265 g/mol. The summed E-state index contributed by atoms with van der Waals surface area (Å²) in [5, 5.41) is 15.1. The Hall–Kier alpha value is -1.89. The van der Waals surface area contributed by atoms with Gasteiger partial charge in [-0.25, -0.2) is 4.79 Å². The SMILES string of the molecule is CC(=O)NCC1=C(C(=O)O)N2C(=O)[C@H]3NC[C@@H](C1)[C@H]32. The standard InChI is InChI=1S/C12H15N3O4/c1-5(16)13-3-7-2-6-4-14-8-9(6)15(11(8)17)10(7)12(18)19/h6,8-9,14H,2-4H2,1H3,(H,13,16)(H,18,19)/t6-,8+,9-/m1/s1. The van der Waals surface area contributed by atoms with Crippen molar-refractivity contribution in [3.63, 3.8) is 0 Å². The number of carbonyl (C=O) groups excluding carboxylic acids is 2. The Morgan fingerprint density at radius 2 is 2.26 bits per heavy atom. The van der Waals surface area contributed by atoms with Crippen LogP contribution < -0.4 is 10.6 Å². The van der Waals surface area contributed by atoms with Crippen molar-refractivity contribution in [2.75, 3.05) is 13.1 Å². The number of β-lactam (4-membered cyclic amide) rings is 1. The third-order valence-electron chi connectivity index (χ3n) is 4.06. The fourth-order valence-corrected chi connectivity index (χ4v) is 3.28. The predicted octanol–water partition coefficient (Wildman–Crippen LogP) is -1.34. The maximum Gasteiger partial charge on any atom is 0.352 e. The first-order chi connectivity index (χ1) is 9.00. The van der Waals surface area contributed by atoms with Crippen LogP contribution in [0.1, 0.15) is 13.3 Å². The lowest BCUT2D eigenvalue weighted by molar-refractivity contribution is -0.153. The molecule has 2 saturated heterocycles. The summed E-state index contributed by atoms with van der Waals surface area (Å²) in [6.07, 6.45) is 0.611. The number of carbonyl (C=O) groups is 3. The van der Waals surface area contributed by atoms with Gasteiger partial charge >= 0.3 is 5.97 Å². The highest BCUT2D eigenvalue weighted by atomic mass is 16.4. The molecule has 0 unspecified atom stereocenters. The number of hydrogen-bond donors (Lipinski definition) is 3. The molecular formula is C12H15N3O4. The number of carboxylic acids is 1. The second-order valence-corrected chi connectivity index (χ2v) is 5.22.